The van der Waals surface area contributed by atoms with E-state index in [0.717, 1.165) is 16.9 Å². The van der Waals surface area contributed by atoms with Crippen LogP contribution in [0, 0.1) is 5.82 Å². The Hall–Kier alpha value is -2.40. The lowest BCUT2D eigenvalue weighted by Crippen LogP contribution is -2.44. The van der Waals surface area contributed by atoms with Crippen molar-refractivity contribution in [3.63, 3.8) is 0 Å². The second-order valence-electron chi connectivity index (χ2n) is 5.76. The van der Waals surface area contributed by atoms with Crippen molar-refractivity contribution in [2.75, 3.05) is 6.79 Å². The van der Waals surface area contributed by atoms with Crippen molar-refractivity contribution in [3.05, 3.63) is 65.5 Å². The van der Waals surface area contributed by atoms with E-state index in [-0.39, 0.29) is 19.2 Å². The SMILES string of the molecule is CCC1(C(=O)OCOCc2ccc(F)cc2)Cc2ccccc2O1. The van der Waals surface area contributed by atoms with Gasteiger partial charge in [-0.25, -0.2) is 9.18 Å². The number of rotatable bonds is 6. The van der Waals surface area contributed by atoms with Crippen LogP contribution in [0.1, 0.15) is 24.5 Å². The molecule has 0 N–H and O–H groups in total. The average molecular weight is 330 g/mol. The summed E-state index contributed by atoms with van der Waals surface area (Å²) in [5, 5.41) is 0. The van der Waals surface area contributed by atoms with Gasteiger partial charge in [-0.3, -0.25) is 0 Å². The van der Waals surface area contributed by atoms with E-state index >= 15 is 0 Å². The number of fused-ring (bicyclic) bond motifs is 1. The number of para-hydroxylation sites is 1. The minimum Gasteiger partial charge on any atom is -0.475 e. The molecule has 0 spiro atoms. The molecule has 1 aliphatic rings. The molecule has 0 bridgehead atoms. The van der Waals surface area contributed by atoms with E-state index in [1.165, 1.54) is 12.1 Å². The molecule has 5 heteroatoms. The van der Waals surface area contributed by atoms with E-state index in [2.05, 4.69) is 0 Å². The Kier molecular flexibility index (Phi) is 4.81. The highest BCUT2D eigenvalue weighted by atomic mass is 19.1. The van der Waals surface area contributed by atoms with Gasteiger partial charge < -0.3 is 14.2 Å². The minimum absolute atomic E-state index is 0.169. The molecule has 2 aromatic carbocycles. The van der Waals surface area contributed by atoms with Crippen LogP contribution in [-0.2, 0) is 27.3 Å². The van der Waals surface area contributed by atoms with Crippen LogP contribution in [0.3, 0.4) is 0 Å². The van der Waals surface area contributed by atoms with Crippen LogP contribution in [0.5, 0.6) is 5.75 Å². The van der Waals surface area contributed by atoms with Crippen LogP contribution in [0.25, 0.3) is 0 Å². The zero-order valence-corrected chi connectivity index (χ0v) is 13.5. The summed E-state index contributed by atoms with van der Waals surface area (Å²) in [5.41, 5.74) is 0.828. The quantitative estimate of drug-likeness (QED) is 0.461. The van der Waals surface area contributed by atoms with E-state index in [1.54, 1.807) is 12.1 Å². The predicted octanol–water partition coefficient (Wildman–Crippen LogP) is 3.63. The first-order valence-corrected chi connectivity index (χ1v) is 7.89. The number of ether oxygens (including phenoxy) is 3. The van der Waals surface area contributed by atoms with Crippen molar-refractivity contribution in [2.24, 2.45) is 0 Å². The molecule has 0 saturated heterocycles. The molecule has 0 aliphatic carbocycles. The van der Waals surface area contributed by atoms with Gasteiger partial charge in [-0.2, -0.15) is 0 Å². The Bertz CT molecular complexity index is 687. The molecule has 0 radical (unpaired) electrons. The van der Waals surface area contributed by atoms with Gasteiger partial charge in [-0.05, 0) is 35.7 Å². The number of carbonyl (C=O) groups excluding carboxylic acids is 1. The maximum atomic E-state index is 12.8. The largest absolute Gasteiger partial charge is 0.475 e. The van der Waals surface area contributed by atoms with E-state index in [0.29, 0.717) is 12.8 Å². The number of halogens is 1. The Labute approximate surface area is 140 Å². The van der Waals surface area contributed by atoms with Crippen molar-refractivity contribution >= 4 is 5.97 Å². The van der Waals surface area contributed by atoms with Gasteiger partial charge in [0.05, 0.1) is 6.61 Å². The summed E-state index contributed by atoms with van der Waals surface area (Å²) in [4.78, 5) is 12.4. The van der Waals surface area contributed by atoms with Gasteiger partial charge in [0, 0.05) is 6.42 Å². The van der Waals surface area contributed by atoms with Crippen LogP contribution in [0.2, 0.25) is 0 Å². The maximum absolute atomic E-state index is 12.8. The van der Waals surface area contributed by atoms with Gasteiger partial charge in [-0.1, -0.05) is 37.3 Å². The van der Waals surface area contributed by atoms with Gasteiger partial charge in [0.25, 0.3) is 0 Å². The summed E-state index contributed by atoms with van der Waals surface area (Å²) >= 11 is 0. The summed E-state index contributed by atoms with van der Waals surface area (Å²) in [6.07, 6.45) is 1.01. The summed E-state index contributed by atoms with van der Waals surface area (Å²) in [6, 6.07) is 13.6. The third kappa shape index (κ3) is 3.41. The molecular weight excluding hydrogens is 311 g/mol. The second kappa shape index (κ2) is 7.01. The van der Waals surface area contributed by atoms with Crippen LogP contribution in [-0.4, -0.2) is 18.4 Å². The van der Waals surface area contributed by atoms with E-state index in [1.807, 2.05) is 31.2 Å². The molecule has 1 heterocycles. The highest BCUT2D eigenvalue weighted by Gasteiger charge is 2.46. The molecule has 4 nitrogen and oxygen atoms in total. The van der Waals surface area contributed by atoms with Crippen molar-refractivity contribution < 1.29 is 23.4 Å². The van der Waals surface area contributed by atoms with Gasteiger partial charge in [0.2, 0.25) is 5.60 Å². The highest BCUT2D eigenvalue weighted by molar-refractivity contribution is 5.81. The summed E-state index contributed by atoms with van der Waals surface area (Å²) in [7, 11) is 0. The van der Waals surface area contributed by atoms with Crippen LogP contribution < -0.4 is 4.74 Å². The molecule has 24 heavy (non-hydrogen) atoms. The van der Waals surface area contributed by atoms with Crippen molar-refractivity contribution in [1.82, 2.24) is 0 Å². The van der Waals surface area contributed by atoms with Crippen LogP contribution >= 0.6 is 0 Å². The highest BCUT2D eigenvalue weighted by Crippen LogP contribution is 2.37. The third-order valence-corrected chi connectivity index (χ3v) is 4.15. The molecule has 0 fully saturated rings. The first-order valence-electron chi connectivity index (χ1n) is 7.89. The van der Waals surface area contributed by atoms with Gasteiger partial charge >= 0.3 is 5.97 Å². The fourth-order valence-electron chi connectivity index (χ4n) is 2.73. The van der Waals surface area contributed by atoms with E-state index in [4.69, 9.17) is 14.2 Å². The third-order valence-electron chi connectivity index (χ3n) is 4.15. The molecule has 1 atom stereocenters. The smallest absolute Gasteiger partial charge is 0.352 e. The Morgan fingerprint density at radius 1 is 1.21 bits per heavy atom. The molecule has 126 valence electrons. The lowest BCUT2D eigenvalue weighted by molar-refractivity contribution is -0.174. The number of carbonyl (C=O) groups is 1. The summed E-state index contributed by atoms with van der Waals surface area (Å²) in [6.45, 7) is 1.97. The van der Waals surface area contributed by atoms with Crippen LogP contribution in [0.15, 0.2) is 48.5 Å². The normalized spacial score (nSPS) is 18.8. The average Bonchev–Trinajstić information content (AvgIpc) is 3.00. The molecule has 0 saturated carbocycles. The lowest BCUT2D eigenvalue weighted by atomic mass is 9.94. The molecule has 2 aromatic rings. The van der Waals surface area contributed by atoms with Crippen LogP contribution in [0.4, 0.5) is 4.39 Å². The number of esters is 1. The first-order chi connectivity index (χ1) is 11.6. The minimum atomic E-state index is -0.983. The zero-order valence-electron chi connectivity index (χ0n) is 13.5. The maximum Gasteiger partial charge on any atom is 0.352 e. The number of benzene rings is 2. The second-order valence-corrected chi connectivity index (χ2v) is 5.76. The first kappa shape index (κ1) is 16.5. The van der Waals surface area contributed by atoms with E-state index < -0.39 is 11.6 Å². The Morgan fingerprint density at radius 2 is 1.96 bits per heavy atom. The predicted molar refractivity (Wildman–Crippen MR) is 85.9 cm³/mol. The van der Waals surface area contributed by atoms with Gasteiger partial charge in [0.1, 0.15) is 11.6 Å². The molecule has 0 aromatic heterocycles. The van der Waals surface area contributed by atoms with Crippen molar-refractivity contribution in [2.45, 2.75) is 32.0 Å². The summed E-state index contributed by atoms with van der Waals surface area (Å²) in [5.74, 6) is -0.00292. The lowest BCUT2D eigenvalue weighted by Gasteiger charge is -2.24. The van der Waals surface area contributed by atoms with Gasteiger partial charge in [-0.15, -0.1) is 0 Å². The fourth-order valence-corrected chi connectivity index (χ4v) is 2.73. The molecule has 3 rings (SSSR count). The number of hydrogen-bond acceptors (Lipinski definition) is 4. The topological polar surface area (TPSA) is 44.8 Å². The van der Waals surface area contributed by atoms with E-state index in [9.17, 15) is 9.18 Å². The zero-order chi connectivity index (χ0) is 17.0. The molecule has 0 amide bonds. The van der Waals surface area contributed by atoms with Crippen molar-refractivity contribution in [3.8, 4) is 5.75 Å². The Balaban J connectivity index is 1.52. The molecule has 1 aliphatic heterocycles. The fraction of sp³-hybridized carbons (Fsp3) is 0.316. The summed E-state index contributed by atoms with van der Waals surface area (Å²) < 4.78 is 29.3. The van der Waals surface area contributed by atoms with Gasteiger partial charge in [0.15, 0.2) is 6.79 Å². The van der Waals surface area contributed by atoms with Crippen molar-refractivity contribution in [1.29, 1.82) is 0 Å². The standard InChI is InChI=1S/C19H19FO4/c1-2-19(11-15-5-3-4-6-17(15)24-19)18(21)23-13-22-12-14-7-9-16(20)10-8-14/h3-10H,2,11-13H2,1H3. The Morgan fingerprint density at radius 3 is 2.67 bits per heavy atom. The molecular formula is C19H19FO4. The monoisotopic (exact) mass is 330 g/mol. The number of hydrogen-bond donors (Lipinski definition) is 0. The molecule has 1 unspecified atom stereocenters.